The van der Waals surface area contributed by atoms with Crippen LogP contribution in [0, 0.1) is 0 Å². The van der Waals surface area contributed by atoms with E-state index in [4.69, 9.17) is 0 Å². The number of anilines is 3. The number of benzene rings is 2. The maximum Gasteiger partial charge on any atom is 0.240 e. The lowest BCUT2D eigenvalue weighted by molar-refractivity contribution is -0.117. The Bertz CT molecular complexity index is 898. The molecule has 3 aromatic rings. The molecule has 0 aliphatic rings. The number of aromatic nitrogens is 2. The van der Waals surface area contributed by atoms with Crippen molar-refractivity contribution in [2.75, 3.05) is 17.3 Å². The number of carbonyl (C=O) groups excluding carboxylic acids is 1. The first-order valence-corrected chi connectivity index (χ1v) is 10.5. The Morgan fingerprint density at radius 1 is 1.15 bits per heavy atom. The normalized spacial score (nSPS) is 11.8. The summed E-state index contributed by atoms with van der Waals surface area (Å²) < 4.78 is 0.772. The number of thioether (sulfide) groups is 1. The Hall–Kier alpha value is -2.38. The monoisotopic (exact) mass is 398 g/mol. The molecular weight excluding hydrogens is 376 g/mol. The van der Waals surface area contributed by atoms with Crippen LogP contribution in [0.4, 0.5) is 16.5 Å². The van der Waals surface area contributed by atoms with Crippen LogP contribution in [0.25, 0.3) is 0 Å². The van der Waals surface area contributed by atoms with Gasteiger partial charge in [0.25, 0.3) is 0 Å². The van der Waals surface area contributed by atoms with Crippen molar-refractivity contribution in [3.05, 3.63) is 60.2 Å². The molecule has 140 valence electrons. The second kappa shape index (κ2) is 9.01. The molecule has 2 aromatic carbocycles. The molecule has 3 rings (SSSR count). The molecule has 0 spiro atoms. The summed E-state index contributed by atoms with van der Waals surface area (Å²) in [5, 5.41) is 12.2. The zero-order valence-electron chi connectivity index (χ0n) is 15.5. The highest BCUT2D eigenvalue weighted by atomic mass is 32.2. The van der Waals surface area contributed by atoms with Gasteiger partial charge in [-0.1, -0.05) is 66.4 Å². The number of rotatable bonds is 7. The van der Waals surface area contributed by atoms with Crippen LogP contribution in [0.15, 0.2) is 58.9 Å². The van der Waals surface area contributed by atoms with Crippen LogP contribution in [-0.2, 0) is 11.2 Å². The number of aryl methyl sites for hydroxylation is 1. The summed E-state index contributed by atoms with van der Waals surface area (Å²) in [4.78, 5) is 14.4. The maximum absolute atomic E-state index is 12.7. The van der Waals surface area contributed by atoms with Crippen molar-refractivity contribution in [3.63, 3.8) is 0 Å². The summed E-state index contributed by atoms with van der Waals surface area (Å²) >= 11 is 2.89. The fourth-order valence-corrected chi connectivity index (χ4v) is 4.63. The van der Waals surface area contributed by atoms with E-state index in [1.807, 2.05) is 55.5 Å². The van der Waals surface area contributed by atoms with Gasteiger partial charge in [-0.05, 0) is 37.1 Å². The Labute approximate surface area is 167 Å². The minimum absolute atomic E-state index is 0.0345. The molecule has 27 heavy (non-hydrogen) atoms. The van der Waals surface area contributed by atoms with Gasteiger partial charge in [0.05, 0.1) is 5.25 Å². The molecule has 0 aliphatic heterocycles. The lowest BCUT2D eigenvalue weighted by Gasteiger charge is -2.20. The predicted molar refractivity (Wildman–Crippen MR) is 114 cm³/mol. The zero-order valence-corrected chi connectivity index (χ0v) is 17.2. The Kier molecular flexibility index (Phi) is 6.47. The molecule has 0 radical (unpaired) electrons. The van der Waals surface area contributed by atoms with Gasteiger partial charge in [0.1, 0.15) is 0 Å². The van der Waals surface area contributed by atoms with Gasteiger partial charge in [-0.3, -0.25) is 4.79 Å². The SMILES string of the molecule is CCc1ccccc1Nc1nnc(S[C@@H](C)C(=O)N(C)c2ccccc2)s1. The van der Waals surface area contributed by atoms with Crippen molar-refractivity contribution in [2.45, 2.75) is 29.9 Å². The van der Waals surface area contributed by atoms with Crippen LogP contribution in [0.3, 0.4) is 0 Å². The molecule has 7 heteroatoms. The first-order valence-electron chi connectivity index (χ1n) is 8.76. The number of carbonyl (C=O) groups is 1. The summed E-state index contributed by atoms with van der Waals surface area (Å²) in [5.74, 6) is 0.0345. The van der Waals surface area contributed by atoms with E-state index < -0.39 is 0 Å². The number of nitrogens with one attached hydrogen (secondary N) is 1. The molecule has 1 N–H and O–H groups in total. The van der Waals surface area contributed by atoms with Crippen LogP contribution >= 0.6 is 23.1 Å². The van der Waals surface area contributed by atoms with E-state index in [1.165, 1.54) is 28.7 Å². The third kappa shape index (κ3) is 4.87. The lowest BCUT2D eigenvalue weighted by Crippen LogP contribution is -2.33. The fourth-order valence-electron chi connectivity index (χ4n) is 2.63. The molecule has 0 fully saturated rings. The predicted octanol–water partition coefficient (Wildman–Crippen LogP) is 4.99. The van der Waals surface area contributed by atoms with Gasteiger partial charge in [-0.15, -0.1) is 10.2 Å². The van der Waals surface area contributed by atoms with E-state index in [-0.39, 0.29) is 11.2 Å². The first kappa shape index (κ1) is 19.4. The Morgan fingerprint density at radius 3 is 2.59 bits per heavy atom. The smallest absolute Gasteiger partial charge is 0.240 e. The zero-order chi connectivity index (χ0) is 19.2. The van der Waals surface area contributed by atoms with Gasteiger partial charge in [0.15, 0.2) is 4.34 Å². The summed E-state index contributed by atoms with van der Waals surface area (Å²) in [7, 11) is 1.80. The quantitative estimate of drug-likeness (QED) is 0.568. The van der Waals surface area contributed by atoms with Crippen molar-refractivity contribution in [3.8, 4) is 0 Å². The summed E-state index contributed by atoms with van der Waals surface area (Å²) in [6.45, 7) is 4.02. The highest BCUT2D eigenvalue weighted by Crippen LogP contribution is 2.32. The van der Waals surface area contributed by atoms with Gasteiger partial charge in [0, 0.05) is 18.4 Å². The number of hydrogen-bond acceptors (Lipinski definition) is 6. The maximum atomic E-state index is 12.7. The van der Waals surface area contributed by atoms with E-state index in [2.05, 4.69) is 28.5 Å². The largest absolute Gasteiger partial charge is 0.330 e. The highest BCUT2D eigenvalue weighted by molar-refractivity contribution is 8.02. The second-order valence-electron chi connectivity index (χ2n) is 6.00. The van der Waals surface area contributed by atoms with Crippen LogP contribution in [-0.4, -0.2) is 28.4 Å². The third-order valence-corrected chi connectivity index (χ3v) is 6.16. The first-order chi connectivity index (χ1) is 13.1. The number of nitrogens with zero attached hydrogens (tertiary/aromatic N) is 3. The van der Waals surface area contributed by atoms with Crippen LogP contribution in [0.2, 0.25) is 0 Å². The van der Waals surface area contributed by atoms with Gasteiger partial charge < -0.3 is 10.2 Å². The molecule has 0 unspecified atom stereocenters. The molecule has 1 amide bonds. The second-order valence-corrected chi connectivity index (χ2v) is 8.57. The number of hydrogen-bond donors (Lipinski definition) is 1. The van der Waals surface area contributed by atoms with Gasteiger partial charge in [-0.25, -0.2) is 0 Å². The van der Waals surface area contributed by atoms with Crippen LogP contribution in [0.1, 0.15) is 19.4 Å². The molecule has 0 aliphatic carbocycles. The summed E-state index contributed by atoms with van der Waals surface area (Å²) in [5.41, 5.74) is 3.15. The number of amides is 1. The molecule has 1 heterocycles. The van der Waals surface area contributed by atoms with Crippen molar-refractivity contribution >= 4 is 45.5 Å². The van der Waals surface area contributed by atoms with Crippen LogP contribution < -0.4 is 10.2 Å². The van der Waals surface area contributed by atoms with Gasteiger partial charge >= 0.3 is 0 Å². The lowest BCUT2D eigenvalue weighted by atomic mass is 10.1. The van der Waals surface area contributed by atoms with Crippen molar-refractivity contribution < 1.29 is 4.79 Å². The van der Waals surface area contributed by atoms with E-state index in [9.17, 15) is 4.79 Å². The molecule has 0 bridgehead atoms. The third-order valence-electron chi connectivity index (χ3n) is 4.15. The minimum atomic E-state index is -0.251. The Morgan fingerprint density at radius 2 is 1.85 bits per heavy atom. The van der Waals surface area contributed by atoms with Gasteiger partial charge in [0.2, 0.25) is 11.0 Å². The van der Waals surface area contributed by atoms with Gasteiger partial charge in [-0.2, -0.15) is 0 Å². The van der Waals surface area contributed by atoms with E-state index >= 15 is 0 Å². The summed E-state index contributed by atoms with van der Waals surface area (Å²) in [6.07, 6.45) is 0.945. The molecule has 1 aromatic heterocycles. The van der Waals surface area contributed by atoms with E-state index in [0.29, 0.717) is 0 Å². The molecule has 1 atom stereocenters. The number of para-hydroxylation sites is 2. The average molecular weight is 399 g/mol. The van der Waals surface area contributed by atoms with E-state index in [1.54, 1.807) is 11.9 Å². The van der Waals surface area contributed by atoms with Crippen molar-refractivity contribution in [1.82, 2.24) is 10.2 Å². The minimum Gasteiger partial charge on any atom is -0.330 e. The average Bonchev–Trinajstić information content (AvgIpc) is 3.14. The van der Waals surface area contributed by atoms with Crippen LogP contribution in [0.5, 0.6) is 0 Å². The Balaban J connectivity index is 1.64. The van der Waals surface area contributed by atoms with Crippen molar-refractivity contribution in [2.24, 2.45) is 0 Å². The van der Waals surface area contributed by atoms with E-state index in [0.717, 1.165) is 27.3 Å². The highest BCUT2D eigenvalue weighted by Gasteiger charge is 2.21. The van der Waals surface area contributed by atoms with Crippen molar-refractivity contribution in [1.29, 1.82) is 0 Å². The molecular formula is C20H22N4OS2. The summed E-state index contributed by atoms with van der Waals surface area (Å²) in [6, 6.07) is 17.8. The molecule has 5 nitrogen and oxygen atoms in total. The fraction of sp³-hybridized carbons (Fsp3) is 0.250. The molecule has 0 saturated carbocycles. The molecule has 0 saturated heterocycles. The standard InChI is InChI=1S/C20H22N4OS2/c1-4-15-10-8-9-13-17(15)21-19-22-23-20(27-19)26-14(2)18(25)24(3)16-11-6-5-7-12-16/h5-14H,4H2,1-3H3,(H,21,22)/t14-/m0/s1. The topological polar surface area (TPSA) is 58.1 Å².